The van der Waals surface area contributed by atoms with E-state index in [9.17, 15) is 4.79 Å². The lowest BCUT2D eigenvalue weighted by Crippen LogP contribution is -2.23. The third kappa shape index (κ3) is 4.99. The number of nitrogens with one attached hydrogen (secondary N) is 1. The van der Waals surface area contributed by atoms with E-state index in [0.717, 1.165) is 23.5 Å². The molecule has 0 saturated carbocycles. The van der Waals surface area contributed by atoms with Gasteiger partial charge in [0.25, 0.3) is 0 Å². The van der Waals surface area contributed by atoms with Gasteiger partial charge in [0.1, 0.15) is 0 Å². The van der Waals surface area contributed by atoms with Crippen molar-refractivity contribution >= 4 is 12.0 Å². The SMILES string of the molecule is CC(C)CCNC(=O)/C=C/C=C\c1ccc2c(c1)OCO2. The van der Waals surface area contributed by atoms with Crippen LogP contribution in [0.4, 0.5) is 0 Å². The molecule has 4 heteroatoms. The molecule has 0 fully saturated rings. The van der Waals surface area contributed by atoms with Gasteiger partial charge >= 0.3 is 0 Å². The van der Waals surface area contributed by atoms with Crippen molar-refractivity contribution in [1.82, 2.24) is 5.32 Å². The number of rotatable bonds is 6. The number of amides is 1. The minimum atomic E-state index is -0.0639. The fourth-order valence-electron chi connectivity index (χ4n) is 1.87. The highest BCUT2D eigenvalue weighted by Crippen LogP contribution is 2.32. The van der Waals surface area contributed by atoms with E-state index in [4.69, 9.17) is 9.47 Å². The van der Waals surface area contributed by atoms with E-state index >= 15 is 0 Å². The first kappa shape index (κ1) is 15.2. The molecule has 112 valence electrons. The maximum Gasteiger partial charge on any atom is 0.243 e. The second kappa shape index (κ2) is 7.53. The van der Waals surface area contributed by atoms with Gasteiger partial charge in [-0.05, 0) is 30.0 Å². The number of hydrogen-bond acceptors (Lipinski definition) is 3. The number of carbonyl (C=O) groups is 1. The normalized spacial score (nSPS) is 13.5. The molecule has 0 bridgehead atoms. The Morgan fingerprint density at radius 3 is 2.90 bits per heavy atom. The summed E-state index contributed by atoms with van der Waals surface area (Å²) in [7, 11) is 0. The maximum atomic E-state index is 11.5. The predicted molar refractivity (Wildman–Crippen MR) is 83.2 cm³/mol. The van der Waals surface area contributed by atoms with Gasteiger partial charge < -0.3 is 14.8 Å². The van der Waals surface area contributed by atoms with Crippen LogP contribution in [0.1, 0.15) is 25.8 Å². The van der Waals surface area contributed by atoms with Crippen LogP contribution in [0.15, 0.2) is 36.4 Å². The Kier molecular flexibility index (Phi) is 5.43. The van der Waals surface area contributed by atoms with Gasteiger partial charge in [-0.1, -0.05) is 38.1 Å². The van der Waals surface area contributed by atoms with Crippen LogP contribution >= 0.6 is 0 Å². The quantitative estimate of drug-likeness (QED) is 0.646. The maximum absolute atomic E-state index is 11.5. The summed E-state index contributed by atoms with van der Waals surface area (Å²) in [6, 6.07) is 5.74. The highest BCUT2D eigenvalue weighted by molar-refractivity contribution is 5.87. The van der Waals surface area contributed by atoms with Crippen molar-refractivity contribution in [1.29, 1.82) is 0 Å². The Morgan fingerprint density at radius 2 is 2.10 bits per heavy atom. The smallest absolute Gasteiger partial charge is 0.243 e. The Labute approximate surface area is 125 Å². The van der Waals surface area contributed by atoms with E-state index in [2.05, 4.69) is 19.2 Å². The van der Waals surface area contributed by atoms with Crippen molar-refractivity contribution in [3.63, 3.8) is 0 Å². The molecule has 21 heavy (non-hydrogen) atoms. The number of hydrogen-bond donors (Lipinski definition) is 1. The van der Waals surface area contributed by atoms with Gasteiger partial charge in [0, 0.05) is 12.6 Å². The molecule has 1 aromatic carbocycles. The first-order valence-electron chi connectivity index (χ1n) is 7.17. The minimum absolute atomic E-state index is 0.0639. The monoisotopic (exact) mass is 287 g/mol. The minimum Gasteiger partial charge on any atom is -0.454 e. The van der Waals surface area contributed by atoms with Gasteiger partial charge in [-0.2, -0.15) is 0 Å². The highest BCUT2D eigenvalue weighted by atomic mass is 16.7. The van der Waals surface area contributed by atoms with Crippen molar-refractivity contribution in [2.24, 2.45) is 5.92 Å². The van der Waals surface area contributed by atoms with Crippen LogP contribution in [0.3, 0.4) is 0 Å². The van der Waals surface area contributed by atoms with E-state index in [-0.39, 0.29) is 12.7 Å². The van der Waals surface area contributed by atoms with Crippen molar-refractivity contribution < 1.29 is 14.3 Å². The second-order valence-corrected chi connectivity index (χ2v) is 5.30. The Hall–Kier alpha value is -2.23. The van der Waals surface area contributed by atoms with Crippen LogP contribution in [-0.4, -0.2) is 19.2 Å². The molecule has 4 nitrogen and oxygen atoms in total. The molecule has 1 N–H and O–H groups in total. The van der Waals surface area contributed by atoms with Gasteiger partial charge in [-0.25, -0.2) is 0 Å². The van der Waals surface area contributed by atoms with E-state index < -0.39 is 0 Å². The summed E-state index contributed by atoms with van der Waals surface area (Å²) < 4.78 is 10.6. The lowest BCUT2D eigenvalue weighted by Gasteiger charge is -2.04. The van der Waals surface area contributed by atoms with Gasteiger partial charge in [-0.3, -0.25) is 4.79 Å². The topological polar surface area (TPSA) is 47.6 Å². The lowest BCUT2D eigenvalue weighted by molar-refractivity contribution is -0.116. The summed E-state index contributed by atoms with van der Waals surface area (Å²) in [5.41, 5.74) is 1.00. The van der Waals surface area contributed by atoms with Crippen LogP contribution in [0.25, 0.3) is 6.08 Å². The molecule has 0 aliphatic carbocycles. The first-order chi connectivity index (χ1) is 10.1. The third-order valence-electron chi connectivity index (χ3n) is 3.06. The fourth-order valence-corrected chi connectivity index (χ4v) is 1.87. The van der Waals surface area contributed by atoms with Crippen LogP contribution < -0.4 is 14.8 Å². The number of benzene rings is 1. The molecular formula is C17H21NO3. The number of ether oxygens (including phenoxy) is 2. The summed E-state index contributed by atoms with van der Waals surface area (Å²) in [6.07, 6.45) is 8.01. The number of fused-ring (bicyclic) bond motifs is 1. The molecule has 0 radical (unpaired) electrons. The average molecular weight is 287 g/mol. The standard InChI is InChI=1S/C17H21NO3/c1-13(2)9-10-18-17(19)6-4-3-5-14-7-8-15-16(11-14)21-12-20-15/h3-8,11,13H,9-10,12H2,1-2H3,(H,18,19)/b5-3-,6-4+. The van der Waals surface area contributed by atoms with Crippen molar-refractivity contribution in [2.45, 2.75) is 20.3 Å². The first-order valence-corrected chi connectivity index (χ1v) is 7.17. The zero-order valence-electron chi connectivity index (χ0n) is 12.5. The van der Waals surface area contributed by atoms with Gasteiger partial charge in [0.15, 0.2) is 11.5 Å². The fraction of sp³-hybridized carbons (Fsp3) is 0.353. The third-order valence-corrected chi connectivity index (χ3v) is 3.06. The second-order valence-electron chi connectivity index (χ2n) is 5.30. The van der Waals surface area contributed by atoms with E-state index in [1.165, 1.54) is 6.08 Å². The van der Waals surface area contributed by atoms with Crippen LogP contribution in [0.5, 0.6) is 11.5 Å². The zero-order chi connectivity index (χ0) is 15.1. The molecule has 0 unspecified atom stereocenters. The molecule has 1 aliphatic rings. The molecule has 0 spiro atoms. The largest absolute Gasteiger partial charge is 0.454 e. The summed E-state index contributed by atoms with van der Waals surface area (Å²) in [5, 5.41) is 2.85. The number of carbonyl (C=O) groups excluding carboxylic acids is 1. The summed E-state index contributed by atoms with van der Waals surface area (Å²) >= 11 is 0. The number of allylic oxidation sites excluding steroid dienone is 2. The molecule has 1 aliphatic heterocycles. The van der Waals surface area contributed by atoms with Crippen LogP contribution in [0, 0.1) is 5.92 Å². The molecule has 2 rings (SSSR count). The molecule has 0 aromatic heterocycles. The molecule has 1 heterocycles. The molecular weight excluding hydrogens is 266 g/mol. The Morgan fingerprint density at radius 1 is 1.29 bits per heavy atom. The van der Waals surface area contributed by atoms with Crippen molar-refractivity contribution in [3.05, 3.63) is 42.0 Å². The molecule has 0 atom stereocenters. The molecule has 1 amide bonds. The summed E-state index contributed by atoms with van der Waals surface area (Å²) in [5.74, 6) is 2.06. The van der Waals surface area contributed by atoms with E-state index in [1.807, 2.05) is 30.4 Å². The van der Waals surface area contributed by atoms with Crippen LogP contribution in [-0.2, 0) is 4.79 Å². The average Bonchev–Trinajstić information content (AvgIpc) is 2.90. The van der Waals surface area contributed by atoms with Crippen molar-refractivity contribution in [3.8, 4) is 11.5 Å². The van der Waals surface area contributed by atoms with Gasteiger partial charge in [0.05, 0.1) is 0 Å². The molecule has 0 saturated heterocycles. The summed E-state index contributed by atoms with van der Waals surface area (Å²) in [6.45, 7) is 5.26. The van der Waals surface area contributed by atoms with Gasteiger partial charge in [-0.15, -0.1) is 0 Å². The van der Waals surface area contributed by atoms with E-state index in [1.54, 1.807) is 6.08 Å². The van der Waals surface area contributed by atoms with Crippen LogP contribution in [0.2, 0.25) is 0 Å². The lowest BCUT2D eigenvalue weighted by atomic mass is 10.1. The predicted octanol–water partition coefficient (Wildman–Crippen LogP) is 3.15. The summed E-state index contributed by atoms with van der Waals surface area (Å²) in [4.78, 5) is 11.5. The van der Waals surface area contributed by atoms with E-state index in [0.29, 0.717) is 12.5 Å². The van der Waals surface area contributed by atoms with Gasteiger partial charge in [0.2, 0.25) is 12.7 Å². The Bertz CT molecular complexity index is 547. The highest BCUT2D eigenvalue weighted by Gasteiger charge is 2.11. The zero-order valence-corrected chi connectivity index (χ0v) is 12.5. The Balaban J connectivity index is 1.79. The van der Waals surface area contributed by atoms with Crippen molar-refractivity contribution in [2.75, 3.05) is 13.3 Å². The molecule has 1 aromatic rings.